The van der Waals surface area contributed by atoms with Crippen LogP contribution in [0.15, 0.2) is 12.1 Å². The first-order chi connectivity index (χ1) is 8.24. The molecule has 2 rings (SSSR count). The number of benzene rings is 1. The first kappa shape index (κ1) is 12.7. The lowest BCUT2D eigenvalue weighted by atomic mass is 10.0. The molecule has 94 valence electrons. The van der Waals surface area contributed by atoms with Gasteiger partial charge in [0.15, 0.2) is 0 Å². The van der Waals surface area contributed by atoms with Gasteiger partial charge in [-0.2, -0.15) is 0 Å². The standard InChI is InChI=1S/C14H20ClNO/c1-3-10-7-11(9-12-5-4-6-16-12)14(17-2)13(15)8-10/h7-8,12,16H,3-6,9H2,1-2H3. The van der Waals surface area contributed by atoms with Gasteiger partial charge in [-0.05, 0) is 49.4 Å². The topological polar surface area (TPSA) is 21.3 Å². The van der Waals surface area contributed by atoms with Crippen LogP contribution in [0.4, 0.5) is 0 Å². The van der Waals surface area contributed by atoms with Crippen molar-refractivity contribution in [2.45, 2.75) is 38.6 Å². The van der Waals surface area contributed by atoms with Gasteiger partial charge in [0.1, 0.15) is 5.75 Å². The van der Waals surface area contributed by atoms with Crippen molar-refractivity contribution in [1.82, 2.24) is 5.32 Å². The van der Waals surface area contributed by atoms with E-state index in [2.05, 4.69) is 18.3 Å². The van der Waals surface area contributed by atoms with Crippen molar-refractivity contribution in [2.75, 3.05) is 13.7 Å². The van der Waals surface area contributed by atoms with Crippen LogP contribution in [0.5, 0.6) is 5.75 Å². The minimum Gasteiger partial charge on any atom is -0.495 e. The molecule has 2 nitrogen and oxygen atoms in total. The molecule has 1 unspecified atom stereocenters. The number of hydrogen-bond donors (Lipinski definition) is 1. The molecule has 1 atom stereocenters. The lowest BCUT2D eigenvalue weighted by molar-refractivity contribution is 0.407. The summed E-state index contributed by atoms with van der Waals surface area (Å²) in [5.74, 6) is 0.845. The van der Waals surface area contributed by atoms with Gasteiger partial charge in [0.25, 0.3) is 0 Å². The normalized spacial score (nSPS) is 19.6. The Kier molecular flexibility index (Phi) is 4.30. The second-order valence-corrected chi connectivity index (χ2v) is 5.03. The van der Waals surface area contributed by atoms with Crippen LogP contribution in [0.1, 0.15) is 30.9 Å². The SMILES string of the molecule is CCc1cc(Cl)c(OC)c(CC2CCCN2)c1. The van der Waals surface area contributed by atoms with E-state index in [-0.39, 0.29) is 0 Å². The van der Waals surface area contributed by atoms with Gasteiger partial charge in [0.05, 0.1) is 12.1 Å². The molecule has 17 heavy (non-hydrogen) atoms. The Morgan fingerprint density at radius 3 is 2.88 bits per heavy atom. The summed E-state index contributed by atoms with van der Waals surface area (Å²) >= 11 is 6.25. The molecule has 1 aromatic carbocycles. The van der Waals surface area contributed by atoms with Gasteiger partial charge in [-0.1, -0.05) is 24.6 Å². The van der Waals surface area contributed by atoms with Crippen LogP contribution in [0.2, 0.25) is 5.02 Å². The summed E-state index contributed by atoms with van der Waals surface area (Å²) in [7, 11) is 1.69. The Bertz CT molecular complexity index is 386. The summed E-state index contributed by atoms with van der Waals surface area (Å²) in [5, 5.41) is 4.25. The fraction of sp³-hybridized carbons (Fsp3) is 0.571. The number of halogens is 1. The van der Waals surface area contributed by atoms with Crippen LogP contribution in [0.25, 0.3) is 0 Å². The molecule has 0 radical (unpaired) electrons. The Morgan fingerprint density at radius 2 is 2.29 bits per heavy atom. The fourth-order valence-electron chi connectivity index (χ4n) is 2.49. The average molecular weight is 254 g/mol. The van der Waals surface area contributed by atoms with E-state index in [1.807, 2.05) is 6.07 Å². The van der Waals surface area contributed by atoms with Crippen LogP contribution in [0.3, 0.4) is 0 Å². The van der Waals surface area contributed by atoms with Crippen molar-refractivity contribution < 1.29 is 4.74 Å². The van der Waals surface area contributed by atoms with Crippen molar-refractivity contribution in [2.24, 2.45) is 0 Å². The maximum atomic E-state index is 6.25. The second kappa shape index (κ2) is 5.74. The number of hydrogen-bond acceptors (Lipinski definition) is 2. The molecule has 0 aromatic heterocycles. The lowest BCUT2D eigenvalue weighted by Gasteiger charge is -2.16. The largest absolute Gasteiger partial charge is 0.495 e. The summed E-state index contributed by atoms with van der Waals surface area (Å²) in [6.45, 7) is 3.28. The van der Waals surface area contributed by atoms with Crippen molar-refractivity contribution in [3.8, 4) is 5.75 Å². The second-order valence-electron chi connectivity index (χ2n) is 4.62. The highest BCUT2D eigenvalue weighted by atomic mass is 35.5. The molecule has 0 spiro atoms. The van der Waals surface area contributed by atoms with Gasteiger partial charge >= 0.3 is 0 Å². The maximum Gasteiger partial charge on any atom is 0.140 e. The third-order valence-electron chi connectivity index (χ3n) is 3.42. The van der Waals surface area contributed by atoms with E-state index >= 15 is 0 Å². The van der Waals surface area contributed by atoms with Gasteiger partial charge in [0.2, 0.25) is 0 Å². The van der Waals surface area contributed by atoms with Gasteiger partial charge in [0, 0.05) is 6.04 Å². The van der Waals surface area contributed by atoms with Gasteiger partial charge in [-0.15, -0.1) is 0 Å². The predicted molar refractivity (Wildman–Crippen MR) is 72.1 cm³/mol. The van der Waals surface area contributed by atoms with Crippen molar-refractivity contribution in [3.63, 3.8) is 0 Å². The summed E-state index contributed by atoms with van der Waals surface area (Å²) < 4.78 is 5.43. The van der Waals surface area contributed by atoms with Crippen molar-refractivity contribution in [1.29, 1.82) is 0 Å². The summed E-state index contributed by atoms with van der Waals surface area (Å²) in [6.07, 6.45) is 4.54. The van der Waals surface area contributed by atoms with Gasteiger partial charge < -0.3 is 10.1 Å². The van der Waals surface area contributed by atoms with Crippen LogP contribution in [0, 0.1) is 0 Å². The van der Waals surface area contributed by atoms with E-state index in [0.29, 0.717) is 6.04 Å². The Labute approximate surface area is 108 Å². The zero-order valence-electron chi connectivity index (χ0n) is 10.6. The third-order valence-corrected chi connectivity index (χ3v) is 3.70. The zero-order chi connectivity index (χ0) is 12.3. The van der Waals surface area contributed by atoms with E-state index in [0.717, 1.165) is 30.2 Å². The van der Waals surface area contributed by atoms with Crippen molar-refractivity contribution >= 4 is 11.6 Å². The number of methoxy groups -OCH3 is 1. The Morgan fingerprint density at radius 1 is 1.47 bits per heavy atom. The van der Waals surface area contributed by atoms with Crippen LogP contribution >= 0.6 is 11.6 Å². The van der Waals surface area contributed by atoms with Crippen LogP contribution < -0.4 is 10.1 Å². The summed E-state index contributed by atoms with van der Waals surface area (Å²) in [5.41, 5.74) is 2.51. The first-order valence-electron chi connectivity index (χ1n) is 6.33. The highest BCUT2D eigenvalue weighted by molar-refractivity contribution is 6.32. The van der Waals surface area contributed by atoms with E-state index in [9.17, 15) is 0 Å². The minimum atomic E-state index is 0.576. The highest BCUT2D eigenvalue weighted by Crippen LogP contribution is 2.32. The van der Waals surface area contributed by atoms with Gasteiger partial charge in [-0.3, -0.25) is 0 Å². The molecule has 1 aliphatic heterocycles. The Hall–Kier alpha value is -0.730. The van der Waals surface area contributed by atoms with Gasteiger partial charge in [-0.25, -0.2) is 0 Å². The Balaban J connectivity index is 2.25. The number of nitrogens with one attached hydrogen (secondary N) is 1. The summed E-state index contributed by atoms with van der Waals surface area (Å²) in [6, 6.07) is 4.81. The molecule has 0 bridgehead atoms. The molecule has 1 fully saturated rings. The molecule has 1 N–H and O–H groups in total. The third kappa shape index (κ3) is 2.93. The maximum absolute atomic E-state index is 6.25. The zero-order valence-corrected chi connectivity index (χ0v) is 11.3. The molecule has 0 aliphatic carbocycles. The van der Waals surface area contributed by atoms with E-state index in [4.69, 9.17) is 16.3 Å². The molecule has 1 heterocycles. The average Bonchev–Trinajstić information content (AvgIpc) is 2.81. The van der Waals surface area contributed by atoms with E-state index in [1.165, 1.54) is 24.0 Å². The number of rotatable bonds is 4. The first-order valence-corrected chi connectivity index (χ1v) is 6.71. The fourth-order valence-corrected chi connectivity index (χ4v) is 2.83. The molecule has 3 heteroatoms. The monoisotopic (exact) mass is 253 g/mol. The predicted octanol–water partition coefficient (Wildman–Crippen LogP) is 3.21. The molecule has 1 aliphatic rings. The molecule has 1 aromatic rings. The lowest BCUT2D eigenvalue weighted by Crippen LogP contribution is -2.24. The molecule has 0 amide bonds. The smallest absolute Gasteiger partial charge is 0.140 e. The molecular formula is C14H20ClNO. The molecule has 0 saturated carbocycles. The van der Waals surface area contributed by atoms with E-state index in [1.54, 1.807) is 7.11 Å². The minimum absolute atomic E-state index is 0.576. The number of ether oxygens (including phenoxy) is 1. The van der Waals surface area contributed by atoms with Crippen LogP contribution in [-0.2, 0) is 12.8 Å². The van der Waals surface area contributed by atoms with E-state index < -0.39 is 0 Å². The molecular weight excluding hydrogens is 234 g/mol. The van der Waals surface area contributed by atoms with Crippen LogP contribution in [-0.4, -0.2) is 19.7 Å². The highest BCUT2D eigenvalue weighted by Gasteiger charge is 2.18. The molecule has 1 saturated heterocycles. The quantitative estimate of drug-likeness (QED) is 0.890. The number of aryl methyl sites for hydroxylation is 1. The summed E-state index contributed by atoms with van der Waals surface area (Å²) in [4.78, 5) is 0. The van der Waals surface area contributed by atoms with Crippen molar-refractivity contribution in [3.05, 3.63) is 28.3 Å².